The van der Waals surface area contributed by atoms with Gasteiger partial charge in [-0.25, -0.2) is 0 Å². The molecule has 0 aliphatic heterocycles. The highest BCUT2D eigenvalue weighted by Crippen LogP contribution is 2.36. The molecule has 0 bridgehead atoms. The first-order valence-electron chi connectivity index (χ1n) is 17.1. The number of fused-ring (bicyclic) bond motifs is 3. The van der Waals surface area contributed by atoms with Crippen molar-refractivity contribution in [2.75, 3.05) is 16.9 Å². The van der Waals surface area contributed by atoms with E-state index in [-0.39, 0.29) is 6.17 Å². The highest BCUT2D eigenvalue weighted by atomic mass is 15.3. The van der Waals surface area contributed by atoms with Crippen LogP contribution in [0.4, 0.5) is 11.4 Å². The molecule has 1 aliphatic carbocycles. The van der Waals surface area contributed by atoms with Crippen LogP contribution in [0.1, 0.15) is 37.1 Å². The van der Waals surface area contributed by atoms with Crippen LogP contribution in [0.3, 0.4) is 0 Å². The minimum absolute atomic E-state index is 0.349. The van der Waals surface area contributed by atoms with E-state index < -0.39 is 0 Å². The van der Waals surface area contributed by atoms with E-state index in [1.807, 2.05) is 6.07 Å². The Labute approximate surface area is 288 Å². The van der Waals surface area contributed by atoms with E-state index >= 15 is 0 Å². The van der Waals surface area contributed by atoms with E-state index in [0.717, 1.165) is 35.3 Å². The summed E-state index contributed by atoms with van der Waals surface area (Å²) in [4.78, 5) is 2.23. The lowest BCUT2D eigenvalue weighted by atomic mass is 9.92. The van der Waals surface area contributed by atoms with Crippen molar-refractivity contribution in [1.82, 2.24) is 4.57 Å². The molecule has 0 saturated heterocycles. The van der Waals surface area contributed by atoms with E-state index in [0.29, 0.717) is 6.67 Å². The lowest BCUT2D eigenvalue weighted by Crippen LogP contribution is -2.38. The number of nitrogens with one attached hydrogen (secondary N) is 1. The predicted octanol–water partition coefficient (Wildman–Crippen LogP) is 11.1. The molecule has 3 N–H and O–H groups in total. The number of para-hydroxylation sites is 4. The van der Waals surface area contributed by atoms with Crippen LogP contribution < -0.4 is 16.0 Å². The largest absolute Gasteiger partial charge is 0.367 e. The highest BCUT2D eigenvalue weighted by Gasteiger charge is 2.19. The van der Waals surface area contributed by atoms with Crippen LogP contribution in [0.15, 0.2) is 169 Å². The molecule has 1 heterocycles. The summed E-state index contributed by atoms with van der Waals surface area (Å²) in [5.74, 6) is 0. The number of allylic oxidation sites excluding steroid dienone is 4. The summed E-state index contributed by atoms with van der Waals surface area (Å²) in [7, 11) is 0. The second-order valence-corrected chi connectivity index (χ2v) is 12.8. The maximum atomic E-state index is 7.08. The Morgan fingerprint density at radius 3 is 2.16 bits per heavy atom. The molecule has 0 fully saturated rings. The summed E-state index contributed by atoms with van der Waals surface area (Å²) >= 11 is 0. The molecular formula is C45H40N4. The third-order valence-corrected chi connectivity index (χ3v) is 9.78. The van der Waals surface area contributed by atoms with Crippen molar-refractivity contribution in [2.24, 2.45) is 5.73 Å². The zero-order valence-electron chi connectivity index (χ0n) is 27.8. The summed E-state index contributed by atoms with van der Waals surface area (Å²) < 4.78 is 2.35. The van der Waals surface area contributed by atoms with Gasteiger partial charge in [0, 0.05) is 33.4 Å². The second-order valence-electron chi connectivity index (χ2n) is 12.8. The topological polar surface area (TPSA) is 46.2 Å². The second kappa shape index (κ2) is 13.3. The van der Waals surface area contributed by atoms with Gasteiger partial charge in [-0.05, 0) is 90.6 Å². The van der Waals surface area contributed by atoms with E-state index in [9.17, 15) is 0 Å². The fourth-order valence-corrected chi connectivity index (χ4v) is 7.17. The smallest absolute Gasteiger partial charge is 0.105 e. The van der Waals surface area contributed by atoms with Gasteiger partial charge in [0.1, 0.15) is 6.17 Å². The van der Waals surface area contributed by atoms with Crippen molar-refractivity contribution in [2.45, 2.75) is 25.9 Å². The quantitative estimate of drug-likeness (QED) is 0.155. The van der Waals surface area contributed by atoms with Crippen LogP contribution in [0.2, 0.25) is 0 Å². The third kappa shape index (κ3) is 5.92. The van der Waals surface area contributed by atoms with Gasteiger partial charge >= 0.3 is 0 Å². The molecule has 4 heteroatoms. The van der Waals surface area contributed by atoms with Gasteiger partial charge in [-0.1, -0.05) is 121 Å². The monoisotopic (exact) mass is 636 g/mol. The average Bonchev–Trinajstić information content (AvgIpc) is 3.50. The first-order chi connectivity index (χ1) is 24.2. The van der Waals surface area contributed by atoms with Gasteiger partial charge in [-0.2, -0.15) is 0 Å². The molecule has 49 heavy (non-hydrogen) atoms. The minimum Gasteiger partial charge on any atom is -0.367 e. The molecule has 0 amide bonds. The van der Waals surface area contributed by atoms with Crippen LogP contribution in [-0.2, 0) is 0 Å². The molecule has 1 aliphatic rings. The van der Waals surface area contributed by atoms with Crippen molar-refractivity contribution in [3.63, 3.8) is 0 Å². The van der Waals surface area contributed by atoms with Gasteiger partial charge < -0.3 is 20.5 Å². The Morgan fingerprint density at radius 1 is 0.694 bits per heavy atom. The predicted molar refractivity (Wildman–Crippen MR) is 208 cm³/mol. The number of hydrogen-bond acceptors (Lipinski definition) is 3. The zero-order chi connectivity index (χ0) is 33.2. The Morgan fingerprint density at radius 2 is 1.37 bits per heavy atom. The minimum atomic E-state index is -0.349. The summed E-state index contributed by atoms with van der Waals surface area (Å²) in [6, 6.07) is 53.8. The first-order valence-corrected chi connectivity index (χ1v) is 17.1. The fraction of sp³-hybridized carbons (Fsp3) is 0.111. The van der Waals surface area contributed by atoms with Crippen molar-refractivity contribution in [1.29, 1.82) is 0 Å². The van der Waals surface area contributed by atoms with E-state index in [4.69, 9.17) is 5.73 Å². The molecule has 6 aromatic carbocycles. The SMILES string of the molecule is CC1=C(c2ccccc2NCN(c2ccccc2)C(N)c2ccc(-c3ccc4c(c3)c3ccccc3n4-c3ccccc3)cc2)C=CCC1. The zero-order valence-corrected chi connectivity index (χ0v) is 27.8. The standard InChI is InChI=1S/C45H40N4/c1-32-14-8-9-19-38(32)39-20-10-12-22-42(39)47-31-48(36-15-4-2-5-16-36)45(46)34-26-24-33(25-27-34)35-28-29-44-41(30-35)40-21-11-13-23-43(40)49(44)37-17-6-3-7-18-37/h2-7,9-13,15-30,45,47H,8,14,31,46H2,1H3. The maximum Gasteiger partial charge on any atom is 0.105 e. The third-order valence-electron chi connectivity index (χ3n) is 9.78. The maximum absolute atomic E-state index is 7.08. The van der Waals surface area contributed by atoms with Gasteiger partial charge in [0.2, 0.25) is 0 Å². The van der Waals surface area contributed by atoms with Crippen molar-refractivity contribution in [3.05, 3.63) is 181 Å². The van der Waals surface area contributed by atoms with E-state index in [1.54, 1.807) is 0 Å². The van der Waals surface area contributed by atoms with E-state index in [2.05, 4.69) is 179 Å². The number of nitrogens with zero attached hydrogens (tertiary/aromatic N) is 2. The van der Waals surface area contributed by atoms with Crippen LogP contribution >= 0.6 is 0 Å². The van der Waals surface area contributed by atoms with Gasteiger partial charge in [0.05, 0.1) is 17.7 Å². The van der Waals surface area contributed by atoms with Gasteiger partial charge in [-0.15, -0.1) is 0 Å². The summed E-state index contributed by atoms with van der Waals surface area (Å²) in [6.07, 6.45) is 6.39. The highest BCUT2D eigenvalue weighted by molar-refractivity contribution is 6.10. The fourth-order valence-electron chi connectivity index (χ4n) is 7.17. The number of rotatable bonds is 9. The molecule has 0 radical (unpaired) electrons. The van der Waals surface area contributed by atoms with Gasteiger partial charge in [0.15, 0.2) is 0 Å². The summed E-state index contributed by atoms with van der Waals surface area (Å²) in [6.45, 7) is 2.80. The molecule has 4 nitrogen and oxygen atoms in total. The first kappa shape index (κ1) is 30.5. The van der Waals surface area contributed by atoms with Crippen LogP contribution in [0.5, 0.6) is 0 Å². The Balaban J connectivity index is 1.09. The van der Waals surface area contributed by atoms with Crippen molar-refractivity contribution >= 4 is 38.8 Å². The lowest BCUT2D eigenvalue weighted by Gasteiger charge is -2.32. The van der Waals surface area contributed by atoms with Crippen molar-refractivity contribution < 1.29 is 0 Å². The molecule has 7 aromatic rings. The average molecular weight is 637 g/mol. The van der Waals surface area contributed by atoms with Crippen LogP contribution in [-0.4, -0.2) is 11.2 Å². The van der Waals surface area contributed by atoms with Crippen molar-refractivity contribution in [3.8, 4) is 16.8 Å². The Hall–Kier alpha value is -5.84. The molecule has 1 atom stereocenters. The molecule has 1 unspecified atom stereocenters. The molecule has 1 aromatic heterocycles. The van der Waals surface area contributed by atoms with Crippen LogP contribution in [0, 0.1) is 0 Å². The molecule has 8 rings (SSSR count). The normalized spacial score (nSPS) is 13.6. The molecule has 0 spiro atoms. The number of anilines is 2. The molecular weight excluding hydrogens is 597 g/mol. The number of aromatic nitrogens is 1. The molecule has 0 saturated carbocycles. The van der Waals surface area contributed by atoms with Crippen LogP contribution in [0.25, 0.3) is 44.2 Å². The lowest BCUT2D eigenvalue weighted by molar-refractivity contribution is 0.666. The Kier molecular flexibility index (Phi) is 8.30. The van der Waals surface area contributed by atoms with Gasteiger partial charge in [0.25, 0.3) is 0 Å². The molecule has 240 valence electrons. The summed E-state index contributed by atoms with van der Waals surface area (Å²) in [5.41, 5.74) is 20.2. The summed E-state index contributed by atoms with van der Waals surface area (Å²) in [5, 5.41) is 6.23. The number of nitrogens with two attached hydrogens (primary N) is 1. The number of hydrogen-bond donors (Lipinski definition) is 2. The van der Waals surface area contributed by atoms with E-state index in [1.165, 1.54) is 49.8 Å². The van der Waals surface area contributed by atoms with Gasteiger partial charge in [-0.3, -0.25) is 0 Å². The Bertz CT molecular complexity index is 2300. The number of benzene rings is 6.